The number of pyridine rings is 1. The summed E-state index contributed by atoms with van der Waals surface area (Å²) >= 11 is 0. The molecule has 4 nitrogen and oxygen atoms in total. The van der Waals surface area contributed by atoms with Crippen LogP contribution < -0.4 is 11.1 Å². The molecule has 1 atom stereocenters. The summed E-state index contributed by atoms with van der Waals surface area (Å²) in [6.07, 6.45) is 7.27. The van der Waals surface area contributed by atoms with Crippen molar-refractivity contribution in [2.75, 3.05) is 5.32 Å². The molecule has 0 radical (unpaired) electrons. The van der Waals surface area contributed by atoms with Crippen LogP contribution in [0.4, 0.5) is 5.69 Å². The number of carbonyl (C=O) groups is 1. The van der Waals surface area contributed by atoms with Gasteiger partial charge in [-0.15, -0.1) is 0 Å². The minimum Gasteiger partial charge on any atom is -0.327 e. The number of anilines is 1. The second-order valence-electron chi connectivity index (χ2n) is 5.94. The fourth-order valence-corrected chi connectivity index (χ4v) is 2.67. The molecule has 3 N–H and O–H groups in total. The van der Waals surface area contributed by atoms with E-state index in [4.69, 9.17) is 5.73 Å². The summed E-state index contributed by atoms with van der Waals surface area (Å²) in [5, 5.41) is 2.96. The van der Waals surface area contributed by atoms with Crippen molar-refractivity contribution in [1.29, 1.82) is 0 Å². The number of nitrogens with two attached hydrogens (primary N) is 1. The highest BCUT2D eigenvalue weighted by molar-refractivity contribution is 5.92. The molecule has 1 aromatic heterocycles. The van der Waals surface area contributed by atoms with E-state index in [1.807, 2.05) is 12.1 Å². The lowest BCUT2D eigenvalue weighted by atomic mass is 9.68. The van der Waals surface area contributed by atoms with Crippen LogP contribution in [0.1, 0.15) is 39.5 Å². The Bertz CT molecular complexity index is 422. The van der Waals surface area contributed by atoms with Crippen molar-refractivity contribution >= 4 is 11.6 Å². The maximum atomic E-state index is 12.2. The number of aromatic nitrogens is 1. The molecule has 1 amide bonds. The van der Waals surface area contributed by atoms with Gasteiger partial charge in [-0.25, -0.2) is 0 Å². The third-order valence-corrected chi connectivity index (χ3v) is 4.55. The number of carbonyl (C=O) groups excluding carboxylic acids is 1. The van der Waals surface area contributed by atoms with Crippen molar-refractivity contribution < 1.29 is 4.79 Å². The molecule has 4 heteroatoms. The molecule has 1 fully saturated rings. The summed E-state index contributed by atoms with van der Waals surface area (Å²) in [4.78, 5) is 16.1. The predicted molar refractivity (Wildman–Crippen MR) is 76.6 cm³/mol. The van der Waals surface area contributed by atoms with Gasteiger partial charge in [-0.1, -0.05) is 6.92 Å². The normalized spacial score (nSPS) is 28.7. The van der Waals surface area contributed by atoms with Crippen LogP contribution in [0.2, 0.25) is 0 Å². The molecule has 1 aromatic rings. The number of hydrogen-bond donors (Lipinski definition) is 2. The van der Waals surface area contributed by atoms with E-state index in [-0.39, 0.29) is 23.3 Å². The second kappa shape index (κ2) is 5.70. The highest BCUT2D eigenvalue weighted by Gasteiger charge is 2.36. The minimum absolute atomic E-state index is 0.111. The Morgan fingerprint density at radius 1 is 1.42 bits per heavy atom. The summed E-state index contributed by atoms with van der Waals surface area (Å²) in [5.74, 6) is 0.234. The lowest BCUT2D eigenvalue weighted by molar-refractivity contribution is -0.121. The van der Waals surface area contributed by atoms with Crippen molar-refractivity contribution in [3.05, 3.63) is 24.5 Å². The molecule has 0 unspecified atom stereocenters. The van der Waals surface area contributed by atoms with Crippen LogP contribution in [0.5, 0.6) is 0 Å². The first-order chi connectivity index (χ1) is 9.01. The minimum atomic E-state index is 0.111. The van der Waals surface area contributed by atoms with Crippen molar-refractivity contribution in [3.8, 4) is 0 Å². The fraction of sp³-hybridized carbons (Fsp3) is 0.600. The molecule has 1 aliphatic carbocycles. The Morgan fingerprint density at radius 3 is 2.53 bits per heavy atom. The molecule has 1 saturated carbocycles. The van der Waals surface area contributed by atoms with E-state index in [0.29, 0.717) is 0 Å². The number of hydrogen-bond acceptors (Lipinski definition) is 3. The number of nitrogens with one attached hydrogen (secondary N) is 1. The average molecular weight is 261 g/mol. The third-order valence-electron chi connectivity index (χ3n) is 4.55. The monoisotopic (exact) mass is 261 g/mol. The molecule has 0 saturated heterocycles. The SMILES string of the molecule is C[C@@H](N)C1(C)CCC(C(=O)Nc2ccncc2)CC1. The lowest BCUT2D eigenvalue weighted by Crippen LogP contribution is -2.41. The zero-order valence-electron chi connectivity index (χ0n) is 11.7. The van der Waals surface area contributed by atoms with Gasteiger partial charge >= 0.3 is 0 Å². The largest absolute Gasteiger partial charge is 0.327 e. The molecule has 104 valence electrons. The molecule has 1 aliphatic rings. The van der Waals surface area contributed by atoms with Gasteiger partial charge < -0.3 is 11.1 Å². The summed E-state index contributed by atoms with van der Waals surface area (Å²) in [5.41, 5.74) is 7.05. The van der Waals surface area contributed by atoms with Gasteiger partial charge in [0.05, 0.1) is 0 Å². The molecule has 0 aliphatic heterocycles. The van der Waals surface area contributed by atoms with E-state index in [0.717, 1.165) is 31.4 Å². The molecule has 0 aromatic carbocycles. The van der Waals surface area contributed by atoms with Gasteiger partial charge in [0.2, 0.25) is 5.91 Å². The fourth-order valence-electron chi connectivity index (χ4n) is 2.67. The van der Waals surface area contributed by atoms with Gasteiger partial charge in [-0.05, 0) is 50.2 Å². The quantitative estimate of drug-likeness (QED) is 0.878. The molecule has 19 heavy (non-hydrogen) atoms. The van der Waals surface area contributed by atoms with E-state index in [2.05, 4.69) is 24.1 Å². The van der Waals surface area contributed by atoms with Crippen LogP contribution in [0, 0.1) is 11.3 Å². The van der Waals surface area contributed by atoms with Crippen LogP contribution in [0.15, 0.2) is 24.5 Å². The van der Waals surface area contributed by atoms with Gasteiger partial charge in [0.1, 0.15) is 0 Å². The standard InChI is InChI=1S/C15H23N3O/c1-11(16)15(2)7-3-12(4-8-15)14(19)18-13-5-9-17-10-6-13/h5-6,9-12H,3-4,7-8,16H2,1-2H3,(H,17,18,19)/t11-,12?,15?/m1/s1. The van der Waals surface area contributed by atoms with E-state index >= 15 is 0 Å². The molecule has 0 bridgehead atoms. The zero-order chi connectivity index (χ0) is 13.9. The maximum Gasteiger partial charge on any atom is 0.227 e. The lowest BCUT2D eigenvalue weighted by Gasteiger charge is -2.39. The smallest absolute Gasteiger partial charge is 0.227 e. The molecule has 1 heterocycles. The van der Waals surface area contributed by atoms with E-state index in [9.17, 15) is 4.79 Å². The number of nitrogens with zero attached hydrogens (tertiary/aromatic N) is 1. The van der Waals surface area contributed by atoms with Crippen LogP contribution in [0.25, 0.3) is 0 Å². The summed E-state index contributed by atoms with van der Waals surface area (Å²) < 4.78 is 0. The average Bonchev–Trinajstić information content (AvgIpc) is 2.40. The highest BCUT2D eigenvalue weighted by Crippen LogP contribution is 2.40. The van der Waals surface area contributed by atoms with Gasteiger partial charge in [-0.2, -0.15) is 0 Å². The number of rotatable bonds is 3. The van der Waals surface area contributed by atoms with Crippen molar-refractivity contribution in [3.63, 3.8) is 0 Å². The van der Waals surface area contributed by atoms with Crippen LogP contribution in [0.3, 0.4) is 0 Å². The van der Waals surface area contributed by atoms with E-state index < -0.39 is 0 Å². The first-order valence-electron chi connectivity index (χ1n) is 6.98. The van der Waals surface area contributed by atoms with E-state index in [1.165, 1.54) is 0 Å². The highest BCUT2D eigenvalue weighted by atomic mass is 16.1. The Morgan fingerprint density at radius 2 is 2.00 bits per heavy atom. The second-order valence-corrected chi connectivity index (χ2v) is 5.94. The van der Waals surface area contributed by atoms with Crippen molar-refractivity contribution in [2.24, 2.45) is 17.1 Å². The zero-order valence-corrected chi connectivity index (χ0v) is 11.7. The van der Waals surface area contributed by atoms with Crippen LogP contribution in [-0.2, 0) is 4.79 Å². The topological polar surface area (TPSA) is 68.0 Å². The summed E-state index contributed by atoms with van der Waals surface area (Å²) in [6.45, 7) is 4.30. The van der Waals surface area contributed by atoms with Gasteiger partial charge in [0.25, 0.3) is 0 Å². The Balaban J connectivity index is 1.90. The maximum absolute atomic E-state index is 12.2. The first kappa shape index (κ1) is 14.0. The Hall–Kier alpha value is -1.42. The van der Waals surface area contributed by atoms with Crippen LogP contribution >= 0.6 is 0 Å². The predicted octanol–water partition coefficient (Wildman–Crippen LogP) is 2.56. The van der Waals surface area contributed by atoms with E-state index in [1.54, 1.807) is 12.4 Å². The summed E-state index contributed by atoms with van der Waals surface area (Å²) in [7, 11) is 0. The first-order valence-corrected chi connectivity index (χ1v) is 6.98. The Kier molecular flexibility index (Phi) is 4.20. The molecule has 0 spiro atoms. The Labute approximate surface area is 114 Å². The number of amides is 1. The molecular formula is C15H23N3O. The van der Waals surface area contributed by atoms with Gasteiger partial charge in [0, 0.05) is 30.0 Å². The van der Waals surface area contributed by atoms with Crippen LogP contribution in [-0.4, -0.2) is 16.9 Å². The van der Waals surface area contributed by atoms with Gasteiger partial charge in [0.15, 0.2) is 0 Å². The third kappa shape index (κ3) is 3.32. The van der Waals surface area contributed by atoms with Crippen molar-refractivity contribution in [2.45, 2.75) is 45.6 Å². The molecular weight excluding hydrogens is 238 g/mol. The molecule has 2 rings (SSSR count). The van der Waals surface area contributed by atoms with Gasteiger partial charge in [-0.3, -0.25) is 9.78 Å². The summed E-state index contributed by atoms with van der Waals surface area (Å²) in [6, 6.07) is 3.82. The van der Waals surface area contributed by atoms with Crippen molar-refractivity contribution in [1.82, 2.24) is 4.98 Å².